The van der Waals surface area contributed by atoms with Gasteiger partial charge in [0.1, 0.15) is 12.8 Å². The molecule has 1 aliphatic heterocycles. The van der Waals surface area contributed by atoms with Crippen LogP contribution in [0.1, 0.15) is 38.7 Å². The summed E-state index contributed by atoms with van der Waals surface area (Å²) in [5.41, 5.74) is -5.81. The van der Waals surface area contributed by atoms with Crippen LogP contribution in [0.4, 0.5) is 8.78 Å². The fourth-order valence-corrected chi connectivity index (χ4v) is 9.42. The molecule has 12 heteroatoms. The number of rotatable bonds is 6. The number of alkyl halides is 2. The van der Waals surface area contributed by atoms with Crippen LogP contribution in [0.25, 0.3) is 0 Å². The SMILES string of the molecule is C[C@]12C=CC(=O)C=C1[C@@H](F)C[C@H]1[C@@H]3C[C@H]4CN(Cc5ccc(Cl)cc5)O[C@@]4(C(=O)COS(C)(=O)=O)[C@@]3(C)C[C@H](O)[C@@]12F. The van der Waals surface area contributed by atoms with Crippen molar-refractivity contribution in [2.75, 3.05) is 19.4 Å². The number of hydroxylamine groups is 2. The molecule has 1 heterocycles. The van der Waals surface area contributed by atoms with Gasteiger partial charge in [-0.2, -0.15) is 13.5 Å². The third-order valence-corrected chi connectivity index (χ3v) is 11.6. The molecule has 42 heavy (non-hydrogen) atoms. The molecule has 0 unspecified atom stereocenters. The van der Waals surface area contributed by atoms with Crippen molar-refractivity contribution >= 4 is 33.3 Å². The van der Waals surface area contributed by atoms with Crippen molar-refractivity contribution in [2.24, 2.45) is 28.6 Å². The van der Waals surface area contributed by atoms with E-state index in [1.165, 1.54) is 19.1 Å². The normalized spacial score (nSPS) is 42.9. The minimum atomic E-state index is -3.97. The Morgan fingerprint density at radius 1 is 1.21 bits per heavy atom. The van der Waals surface area contributed by atoms with Gasteiger partial charge in [-0.3, -0.25) is 18.6 Å². The molecule has 4 aliphatic carbocycles. The Hall–Kier alpha value is -2.02. The number of halogens is 3. The lowest BCUT2D eigenvalue weighted by Crippen LogP contribution is -2.70. The highest BCUT2D eigenvalue weighted by Gasteiger charge is 2.79. The van der Waals surface area contributed by atoms with E-state index in [4.69, 9.17) is 20.6 Å². The maximum atomic E-state index is 17.6. The van der Waals surface area contributed by atoms with Gasteiger partial charge in [0, 0.05) is 40.8 Å². The summed E-state index contributed by atoms with van der Waals surface area (Å²) < 4.78 is 62.0. The summed E-state index contributed by atoms with van der Waals surface area (Å²) in [4.78, 5) is 32.7. The summed E-state index contributed by atoms with van der Waals surface area (Å²) in [5.74, 6) is -3.14. The van der Waals surface area contributed by atoms with Crippen LogP contribution in [0, 0.1) is 28.6 Å². The third-order valence-electron chi connectivity index (χ3n) is 10.8. The average Bonchev–Trinajstić information content (AvgIpc) is 3.39. The lowest BCUT2D eigenvalue weighted by Gasteiger charge is -2.63. The zero-order valence-corrected chi connectivity index (χ0v) is 25.1. The zero-order chi connectivity index (χ0) is 30.5. The standard InChI is InChI=1S/C30H34ClF2NO7S/c1-27-9-8-20(35)11-23(27)24(32)12-22-21-10-18-15-34(14-17-4-6-19(31)7-5-17)41-30(18,26(37)16-40-42(3,38)39)28(21,2)13-25(36)29(22,27)33/h4-9,11,18,21-22,24-25,36H,10,12-16H2,1-3H3/t18-,21-,22-,24-,25-,27-,28-,29-,30-/m0/s1. The van der Waals surface area contributed by atoms with Crippen LogP contribution in [-0.4, -0.2) is 73.1 Å². The van der Waals surface area contributed by atoms with Crippen LogP contribution in [0.2, 0.25) is 5.02 Å². The van der Waals surface area contributed by atoms with E-state index in [9.17, 15) is 23.1 Å². The maximum Gasteiger partial charge on any atom is 0.264 e. The number of nitrogens with zero attached hydrogens (tertiary/aromatic N) is 1. The number of Topliss-reactive ketones (excluding diaryl/α,β-unsaturated/α-hetero) is 1. The fraction of sp³-hybridized carbons (Fsp3) is 0.600. The highest BCUT2D eigenvalue weighted by molar-refractivity contribution is 7.86. The quantitative estimate of drug-likeness (QED) is 0.474. The molecule has 1 aromatic carbocycles. The molecule has 0 spiro atoms. The van der Waals surface area contributed by atoms with Gasteiger partial charge in [0.15, 0.2) is 22.8 Å². The summed E-state index contributed by atoms with van der Waals surface area (Å²) in [5, 5.41) is 13.9. The Morgan fingerprint density at radius 3 is 2.57 bits per heavy atom. The predicted octanol–water partition coefficient (Wildman–Crippen LogP) is 3.92. The zero-order valence-electron chi connectivity index (χ0n) is 23.6. The van der Waals surface area contributed by atoms with Crippen LogP contribution in [0.15, 0.2) is 48.1 Å². The van der Waals surface area contributed by atoms with Crippen molar-refractivity contribution < 1.29 is 40.9 Å². The number of hydrogen-bond acceptors (Lipinski definition) is 8. The van der Waals surface area contributed by atoms with E-state index in [1.807, 2.05) is 12.1 Å². The minimum absolute atomic E-state index is 0.0207. The highest BCUT2D eigenvalue weighted by Crippen LogP contribution is 2.72. The van der Waals surface area contributed by atoms with Gasteiger partial charge < -0.3 is 5.11 Å². The smallest absolute Gasteiger partial charge is 0.264 e. The summed E-state index contributed by atoms with van der Waals surface area (Å²) in [7, 11) is -3.97. The molecular formula is C30H34ClF2NO7S. The average molecular weight is 626 g/mol. The van der Waals surface area contributed by atoms with Crippen molar-refractivity contribution in [3.05, 3.63) is 58.7 Å². The summed E-state index contributed by atoms with van der Waals surface area (Å²) in [6.45, 7) is 3.07. The number of aliphatic hydroxyl groups is 1. The van der Waals surface area contributed by atoms with E-state index in [2.05, 4.69) is 0 Å². The van der Waals surface area contributed by atoms with E-state index in [0.717, 1.165) is 17.9 Å². The van der Waals surface area contributed by atoms with Gasteiger partial charge in [0.2, 0.25) is 0 Å². The van der Waals surface area contributed by atoms with E-state index in [1.54, 1.807) is 24.1 Å². The number of carbonyl (C=O) groups excluding carboxylic acids is 2. The lowest BCUT2D eigenvalue weighted by molar-refractivity contribution is -0.269. The summed E-state index contributed by atoms with van der Waals surface area (Å²) in [6.07, 6.45) is 1.17. The largest absolute Gasteiger partial charge is 0.390 e. The Kier molecular flexibility index (Phi) is 6.96. The first-order valence-corrected chi connectivity index (χ1v) is 16.3. The van der Waals surface area contributed by atoms with Crippen LogP contribution in [0.3, 0.4) is 0 Å². The molecule has 0 amide bonds. The van der Waals surface area contributed by atoms with Gasteiger partial charge in [-0.15, -0.1) is 0 Å². The van der Waals surface area contributed by atoms with Crippen LogP contribution >= 0.6 is 11.6 Å². The van der Waals surface area contributed by atoms with Crippen molar-refractivity contribution in [2.45, 2.75) is 63.2 Å². The monoisotopic (exact) mass is 625 g/mol. The van der Waals surface area contributed by atoms with E-state index < -0.39 is 80.4 Å². The van der Waals surface area contributed by atoms with Crippen molar-refractivity contribution in [3.8, 4) is 0 Å². The Morgan fingerprint density at radius 2 is 1.90 bits per heavy atom. The number of ketones is 2. The molecular weight excluding hydrogens is 592 g/mol. The van der Waals surface area contributed by atoms with Crippen molar-refractivity contribution in [3.63, 3.8) is 0 Å². The van der Waals surface area contributed by atoms with Crippen LogP contribution in [0.5, 0.6) is 0 Å². The van der Waals surface area contributed by atoms with Gasteiger partial charge in [-0.25, -0.2) is 8.78 Å². The molecule has 0 bridgehead atoms. The predicted molar refractivity (Wildman–Crippen MR) is 149 cm³/mol. The second-order valence-corrected chi connectivity index (χ2v) is 15.0. The first-order valence-electron chi connectivity index (χ1n) is 14.1. The van der Waals surface area contributed by atoms with Crippen molar-refractivity contribution in [1.82, 2.24) is 5.06 Å². The molecule has 6 rings (SSSR count). The molecule has 4 fully saturated rings. The number of carbonyl (C=O) groups is 2. The van der Waals surface area contributed by atoms with Gasteiger partial charge in [0.25, 0.3) is 10.1 Å². The van der Waals surface area contributed by atoms with Crippen molar-refractivity contribution in [1.29, 1.82) is 0 Å². The summed E-state index contributed by atoms with van der Waals surface area (Å²) in [6, 6.07) is 7.12. The van der Waals surface area contributed by atoms with E-state index >= 15 is 8.78 Å². The second kappa shape index (κ2) is 9.74. The molecule has 1 saturated heterocycles. The molecule has 228 valence electrons. The number of hydrogen-bond donors (Lipinski definition) is 1. The topological polar surface area (TPSA) is 110 Å². The number of allylic oxidation sites excluding steroid dienone is 4. The number of benzene rings is 1. The molecule has 8 nitrogen and oxygen atoms in total. The first-order chi connectivity index (χ1) is 19.5. The van der Waals surface area contributed by atoms with Crippen LogP contribution in [-0.2, 0) is 35.3 Å². The van der Waals surface area contributed by atoms with Gasteiger partial charge >= 0.3 is 0 Å². The van der Waals surface area contributed by atoms with Gasteiger partial charge in [-0.05, 0) is 67.5 Å². The molecule has 0 aromatic heterocycles. The molecule has 1 aromatic rings. The third kappa shape index (κ3) is 4.14. The molecule has 1 N–H and O–H groups in total. The number of aliphatic hydroxyl groups excluding tert-OH is 1. The molecule has 0 radical (unpaired) electrons. The Balaban J connectivity index is 1.40. The lowest BCUT2D eigenvalue weighted by atomic mass is 9.44. The van der Waals surface area contributed by atoms with Gasteiger partial charge in [0.05, 0.1) is 12.4 Å². The maximum absolute atomic E-state index is 17.6. The Bertz CT molecular complexity index is 1500. The molecule has 9 atom stereocenters. The van der Waals surface area contributed by atoms with Crippen LogP contribution < -0.4 is 0 Å². The number of fused-ring (bicyclic) bond motifs is 7. The summed E-state index contributed by atoms with van der Waals surface area (Å²) >= 11 is 6.03. The molecule has 5 aliphatic rings. The molecule has 3 saturated carbocycles. The second-order valence-electron chi connectivity index (χ2n) is 13.0. The van der Waals surface area contributed by atoms with Gasteiger partial charge in [-0.1, -0.05) is 36.7 Å². The fourth-order valence-electron chi connectivity index (χ4n) is 8.98. The van der Waals surface area contributed by atoms with E-state index in [-0.39, 0.29) is 25.0 Å². The minimum Gasteiger partial charge on any atom is -0.390 e. The van der Waals surface area contributed by atoms with E-state index in [0.29, 0.717) is 18.0 Å². The Labute approximate surface area is 248 Å². The first kappa shape index (κ1) is 30.0. The highest BCUT2D eigenvalue weighted by atomic mass is 35.5.